The zero-order valence-corrected chi connectivity index (χ0v) is 11.8. The van der Waals surface area contributed by atoms with Gasteiger partial charge in [0.2, 0.25) is 0 Å². The molecule has 1 aromatic rings. The highest BCUT2D eigenvalue weighted by Gasteiger charge is 2.17. The van der Waals surface area contributed by atoms with Crippen molar-refractivity contribution in [3.63, 3.8) is 0 Å². The first-order valence-electron chi connectivity index (χ1n) is 6.46. The van der Waals surface area contributed by atoms with Gasteiger partial charge in [-0.2, -0.15) is 0 Å². The normalized spacial score (nSPS) is 15.4. The molecule has 0 heterocycles. The van der Waals surface area contributed by atoms with E-state index in [4.69, 9.17) is 15.2 Å². The van der Waals surface area contributed by atoms with Crippen LogP contribution >= 0.6 is 0 Å². The highest BCUT2D eigenvalue weighted by Crippen LogP contribution is 2.20. The molecule has 2 unspecified atom stereocenters. The molecule has 0 aliphatic carbocycles. The number of nitrogens with two attached hydrogens (primary N) is 1. The van der Waals surface area contributed by atoms with Gasteiger partial charge in [-0.1, -0.05) is 30.3 Å². The highest BCUT2D eigenvalue weighted by molar-refractivity contribution is 5.18. The molecule has 0 aliphatic heterocycles. The molecular formula is C15H25NO2. The molecule has 2 atom stereocenters. The molecular weight excluding hydrogens is 226 g/mol. The first-order chi connectivity index (χ1) is 8.40. The zero-order valence-electron chi connectivity index (χ0n) is 11.8. The first-order valence-corrected chi connectivity index (χ1v) is 6.46. The average molecular weight is 251 g/mol. The fourth-order valence-corrected chi connectivity index (χ4v) is 1.72. The van der Waals surface area contributed by atoms with Crippen LogP contribution in [0.4, 0.5) is 0 Å². The van der Waals surface area contributed by atoms with Crippen molar-refractivity contribution < 1.29 is 9.47 Å². The van der Waals surface area contributed by atoms with Crippen LogP contribution in [-0.2, 0) is 9.47 Å². The Labute approximate surface area is 110 Å². The van der Waals surface area contributed by atoms with Crippen LogP contribution in [0.1, 0.15) is 39.4 Å². The van der Waals surface area contributed by atoms with Crippen LogP contribution in [-0.4, -0.2) is 24.9 Å². The Morgan fingerprint density at radius 2 is 1.72 bits per heavy atom. The summed E-state index contributed by atoms with van der Waals surface area (Å²) >= 11 is 0. The maximum atomic E-state index is 5.97. The second kappa shape index (κ2) is 6.88. The van der Waals surface area contributed by atoms with E-state index in [1.807, 2.05) is 58.0 Å². The minimum absolute atomic E-state index is 0.0398. The van der Waals surface area contributed by atoms with E-state index in [1.165, 1.54) is 0 Å². The highest BCUT2D eigenvalue weighted by atomic mass is 16.5. The smallest absolute Gasteiger partial charge is 0.0974 e. The molecule has 0 radical (unpaired) electrons. The Balaban J connectivity index is 2.45. The summed E-state index contributed by atoms with van der Waals surface area (Å²) in [7, 11) is 0. The van der Waals surface area contributed by atoms with Gasteiger partial charge < -0.3 is 15.2 Å². The van der Waals surface area contributed by atoms with Crippen molar-refractivity contribution in [3.05, 3.63) is 35.9 Å². The minimum atomic E-state index is -0.125. The van der Waals surface area contributed by atoms with Crippen LogP contribution in [0.2, 0.25) is 0 Å². The van der Waals surface area contributed by atoms with Crippen molar-refractivity contribution in [2.75, 3.05) is 13.2 Å². The van der Waals surface area contributed by atoms with Crippen LogP contribution in [0.5, 0.6) is 0 Å². The van der Waals surface area contributed by atoms with Gasteiger partial charge in [0.15, 0.2) is 0 Å². The Bertz CT molecular complexity index is 330. The maximum Gasteiger partial charge on any atom is 0.0974 e. The Hall–Kier alpha value is -0.900. The third-order valence-electron chi connectivity index (χ3n) is 2.52. The van der Waals surface area contributed by atoms with Crippen LogP contribution < -0.4 is 5.73 Å². The van der Waals surface area contributed by atoms with Crippen molar-refractivity contribution in [1.29, 1.82) is 0 Å². The summed E-state index contributed by atoms with van der Waals surface area (Å²) in [6.07, 6.45) is -0.0743. The lowest BCUT2D eigenvalue weighted by molar-refractivity contribution is -0.0558. The van der Waals surface area contributed by atoms with Gasteiger partial charge in [0.1, 0.15) is 0 Å². The molecule has 0 amide bonds. The monoisotopic (exact) mass is 251 g/mol. The fourth-order valence-electron chi connectivity index (χ4n) is 1.72. The molecule has 0 spiro atoms. The Morgan fingerprint density at radius 3 is 2.22 bits per heavy atom. The number of ether oxygens (including phenoxy) is 2. The summed E-state index contributed by atoms with van der Waals surface area (Å²) in [6, 6.07) is 10.0. The van der Waals surface area contributed by atoms with Crippen molar-refractivity contribution in [2.45, 2.75) is 45.4 Å². The molecule has 1 aromatic carbocycles. The number of rotatable bonds is 6. The molecule has 0 saturated carbocycles. The summed E-state index contributed by atoms with van der Waals surface area (Å²) in [5, 5.41) is 0. The van der Waals surface area contributed by atoms with Crippen molar-refractivity contribution in [1.82, 2.24) is 0 Å². The van der Waals surface area contributed by atoms with E-state index in [2.05, 4.69) is 0 Å². The lowest BCUT2D eigenvalue weighted by Gasteiger charge is -2.24. The second-order valence-electron chi connectivity index (χ2n) is 5.52. The molecule has 0 aliphatic rings. The lowest BCUT2D eigenvalue weighted by atomic mass is 10.0. The summed E-state index contributed by atoms with van der Waals surface area (Å²) < 4.78 is 11.5. The van der Waals surface area contributed by atoms with Gasteiger partial charge in [0, 0.05) is 6.04 Å². The van der Waals surface area contributed by atoms with Gasteiger partial charge in [-0.05, 0) is 33.3 Å². The summed E-state index contributed by atoms with van der Waals surface area (Å²) in [4.78, 5) is 0. The SMILES string of the molecule is CC(N)C(OCCOC(C)(C)C)c1ccccc1. The quantitative estimate of drug-likeness (QED) is 0.791. The number of hydrogen-bond donors (Lipinski definition) is 1. The van der Waals surface area contributed by atoms with Crippen LogP contribution in [0, 0.1) is 0 Å². The molecule has 1 rings (SSSR count). The van der Waals surface area contributed by atoms with E-state index >= 15 is 0 Å². The van der Waals surface area contributed by atoms with Crippen LogP contribution in [0.3, 0.4) is 0 Å². The molecule has 2 N–H and O–H groups in total. The predicted octanol–water partition coefficient (Wildman–Crippen LogP) is 2.91. The van der Waals surface area contributed by atoms with E-state index < -0.39 is 0 Å². The zero-order chi connectivity index (χ0) is 13.6. The second-order valence-corrected chi connectivity index (χ2v) is 5.52. The minimum Gasteiger partial charge on any atom is -0.373 e. The van der Waals surface area contributed by atoms with E-state index in [9.17, 15) is 0 Å². The van der Waals surface area contributed by atoms with Gasteiger partial charge in [-0.3, -0.25) is 0 Å². The van der Waals surface area contributed by atoms with Gasteiger partial charge in [0.25, 0.3) is 0 Å². The van der Waals surface area contributed by atoms with Gasteiger partial charge in [-0.15, -0.1) is 0 Å². The van der Waals surface area contributed by atoms with E-state index in [0.717, 1.165) is 5.56 Å². The van der Waals surface area contributed by atoms with Crippen LogP contribution in [0.15, 0.2) is 30.3 Å². The number of benzene rings is 1. The van der Waals surface area contributed by atoms with Crippen molar-refractivity contribution in [3.8, 4) is 0 Å². The van der Waals surface area contributed by atoms with Gasteiger partial charge >= 0.3 is 0 Å². The first kappa shape index (κ1) is 15.2. The molecule has 3 heteroatoms. The fraction of sp³-hybridized carbons (Fsp3) is 0.600. The van der Waals surface area contributed by atoms with E-state index in [1.54, 1.807) is 0 Å². The van der Waals surface area contributed by atoms with Gasteiger partial charge in [0.05, 0.1) is 24.9 Å². The standard InChI is InChI=1S/C15H25NO2/c1-12(16)14(13-8-6-5-7-9-13)17-10-11-18-15(2,3)4/h5-9,12,14H,10-11,16H2,1-4H3. The summed E-state index contributed by atoms with van der Waals surface area (Å²) in [5.74, 6) is 0. The summed E-state index contributed by atoms with van der Waals surface area (Å²) in [6.45, 7) is 9.20. The molecule has 0 aromatic heterocycles. The van der Waals surface area contributed by atoms with Gasteiger partial charge in [-0.25, -0.2) is 0 Å². The van der Waals surface area contributed by atoms with E-state index in [-0.39, 0.29) is 17.7 Å². The molecule has 3 nitrogen and oxygen atoms in total. The largest absolute Gasteiger partial charge is 0.373 e. The molecule has 18 heavy (non-hydrogen) atoms. The lowest BCUT2D eigenvalue weighted by Crippen LogP contribution is -2.29. The number of hydrogen-bond acceptors (Lipinski definition) is 3. The molecule has 0 bridgehead atoms. The van der Waals surface area contributed by atoms with E-state index in [0.29, 0.717) is 13.2 Å². The topological polar surface area (TPSA) is 44.5 Å². The average Bonchev–Trinajstić information content (AvgIpc) is 2.28. The molecule has 0 saturated heterocycles. The summed E-state index contributed by atoms with van der Waals surface area (Å²) in [5.41, 5.74) is 6.96. The third kappa shape index (κ3) is 5.63. The molecule has 102 valence electrons. The Kier molecular flexibility index (Phi) is 5.79. The predicted molar refractivity (Wildman–Crippen MR) is 74.5 cm³/mol. The Morgan fingerprint density at radius 1 is 1.11 bits per heavy atom. The third-order valence-corrected chi connectivity index (χ3v) is 2.52. The van der Waals surface area contributed by atoms with Crippen molar-refractivity contribution in [2.24, 2.45) is 5.73 Å². The molecule has 0 fully saturated rings. The van der Waals surface area contributed by atoms with Crippen molar-refractivity contribution >= 4 is 0 Å². The van der Waals surface area contributed by atoms with Crippen LogP contribution in [0.25, 0.3) is 0 Å². The maximum absolute atomic E-state index is 5.97.